The first-order chi connectivity index (χ1) is 36.5. The summed E-state index contributed by atoms with van der Waals surface area (Å²) in [5, 5.41) is 0. The van der Waals surface area contributed by atoms with Crippen LogP contribution in [0.2, 0.25) is 0 Å². The van der Waals surface area contributed by atoms with Crippen LogP contribution in [0.25, 0.3) is 0 Å². The number of hydrogen-bond acceptors (Lipinski definition) is 6. The van der Waals surface area contributed by atoms with E-state index >= 15 is 0 Å². The zero-order valence-electron chi connectivity index (χ0n) is 48.1. The number of carbonyl (C=O) groups is 3. The third-order valence-electron chi connectivity index (χ3n) is 12.7. The van der Waals surface area contributed by atoms with Gasteiger partial charge in [0, 0.05) is 19.3 Å². The third kappa shape index (κ3) is 58.7. The van der Waals surface area contributed by atoms with Crippen molar-refractivity contribution in [1.82, 2.24) is 0 Å². The van der Waals surface area contributed by atoms with Gasteiger partial charge in [0.1, 0.15) is 13.2 Å². The van der Waals surface area contributed by atoms with Gasteiger partial charge in [0.05, 0.1) is 0 Å². The van der Waals surface area contributed by atoms with Crippen molar-refractivity contribution < 1.29 is 28.6 Å². The molecule has 74 heavy (non-hydrogen) atoms. The number of rotatable bonds is 54. The van der Waals surface area contributed by atoms with Crippen LogP contribution >= 0.6 is 0 Å². The fraction of sp³-hybridized carbons (Fsp3) is 0.662. The average molecular weight is 1030 g/mol. The molecule has 0 amide bonds. The summed E-state index contributed by atoms with van der Waals surface area (Å²) in [4.78, 5) is 38.3. The van der Waals surface area contributed by atoms with Crippen LogP contribution in [0.3, 0.4) is 0 Å². The molecule has 0 aromatic rings. The molecule has 0 saturated heterocycles. The molecule has 0 radical (unpaired) electrons. The quantitative estimate of drug-likeness (QED) is 0.0261. The van der Waals surface area contributed by atoms with Gasteiger partial charge >= 0.3 is 17.9 Å². The SMILES string of the molecule is CC/C=C\C/C=C\C/C=C\C/C=C\C/C=C\C/C=C\CCCCCCC(=O)OCC(COC(=O)CCCCCCCCCCCCCCCCCC)OC(=O)CCCCCC/C=C\C/C=C\C/C=C\C/C=C\CC. The molecule has 1 unspecified atom stereocenters. The number of carbonyl (C=O) groups excluding carboxylic acids is 3. The molecule has 0 aliphatic carbocycles. The zero-order chi connectivity index (χ0) is 53.6. The minimum absolute atomic E-state index is 0.0970. The first-order valence-electron chi connectivity index (χ1n) is 30.5. The van der Waals surface area contributed by atoms with Crippen LogP contribution in [-0.2, 0) is 28.6 Å². The monoisotopic (exact) mass is 1020 g/mol. The maximum absolute atomic E-state index is 12.9. The molecule has 0 aromatic heterocycles. The number of hydrogen-bond donors (Lipinski definition) is 0. The number of ether oxygens (including phenoxy) is 3. The Morgan fingerprint density at radius 3 is 0.824 bits per heavy atom. The van der Waals surface area contributed by atoms with Gasteiger partial charge in [-0.2, -0.15) is 0 Å². The van der Waals surface area contributed by atoms with Gasteiger partial charge < -0.3 is 14.2 Å². The largest absolute Gasteiger partial charge is 0.462 e. The van der Waals surface area contributed by atoms with E-state index in [1.54, 1.807) is 0 Å². The summed E-state index contributed by atoms with van der Waals surface area (Å²) in [6, 6.07) is 0. The molecule has 0 fully saturated rings. The van der Waals surface area contributed by atoms with Gasteiger partial charge in [-0.25, -0.2) is 0 Å². The van der Waals surface area contributed by atoms with E-state index in [4.69, 9.17) is 14.2 Å². The molecular formula is C68H112O6. The van der Waals surface area contributed by atoms with E-state index < -0.39 is 6.10 Å². The van der Waals surface area contributed by atoms with Crippen LogP contribution in [0, 0.1) is 0 Å². The van der Waals surface area contributed by atoms with Crippen molar-refractivity contribution in [2.45, 2.75) is 277 Å². The molecule has 0 aliphatic heterocycles. The lowest BCUT2D eigenvalue weighted by atomic mass is 10.0. The molecule has 0 N–H and O–H groups in total. The second-order valence-corrected chi connectivity index (χ2v) is 19.9. The summed E-state index contributed by atoms with van der Waals surface area (Å²) < 4.78 is 16.9. The molecule has 420 valence electrons. The van der Waals surface area contributed by atoms with E-state index in [9.17, 15) is 14.4 Å². The second-order valence-electron chi connectivity index (χ2n) is 19.9. The van der Waals surface area contributed by atoms with Crippen LogP contribution in [0.1, 0.15) is 271 Å². The predicted molar refractivity (Wildman–Crippen MR) is 320 cm³/mol. The van der Waals surface area contributed by atoms with Crippen LogP contribution in [0.15, 0.2) is 122 Å². The Balaban J connectivity index is 4.47. The minimum atomic E-state index is -0.805. The number of allylic oxidation sites excluding steroid dienone is 20. The van der Waals surface area contributed by atoms with Gasteiger partial charge in [0.15, 0.2) is 6.10 Å². The fourth-order valence-corrected chi connectivity index (χ4v) is 8.20. The Morgan fingerprint density at radius 1 is 0.284 bits per heavy atom. The molecule has 0 saturated carbocycles. The molecule has 0 aromatic carbocycles. The van der Waals surface area contributed by atoms with E-state index in [0.29, 0.717) is 19.3 Å². The van der Waals surface area contributed by atoms with Crippen molar-refractivity contribution in [1.29, 1.82) is 0 Å². The molecule has 6 heteroatoms. The second kappa shape index (κ2) is 61.4. The van der Waals surface area contributed by atoms with Gasteiger partial charge in [0.2, 0.25) is 0 Å². The Labute approximate surface area is 456 Å². The maximum atomic E-state index is 12.9. The van der Waals surface area contributed by atoms with Gasteiger partial charge in [-0.1, -0.05) is 264 Å². The Hall–Kier alpha value is -4.19. The van der Waals surface area contributed by atoms with Crippen molar-refractivity contribution >= 4 is 17.9 Å². The van der Waals surface area contributed by atoms with Crippen LogP contribution in [0.5, 0.6) is 0 Å². The smallest absolute Gasteiger partial charge is 0.306 e. The van der Waals surface area contributed by atoms with E-state index in [2.05, 4.69) is 142 Å². The minimum Gasteiger partial charge on any atom is -0.462 e. The van der Waals surface area contributed by atoms with Gasteiger partial charge in [-0.05, 0) is 109 Å². The van der Waals surface area contributed by atoms with Crippen LogP contribution in [0.4, 0.5) is 0 Å². The Bertz CT molecular complexity index is 1550. The van der Waals surface area contributed by atoms with Gasteiger partial charge in [0.25, 0.3) is 0 Å². The highest BCUT2D eigenvalue weighted by atomic mass is 16.6. The van der Waals surface area contributed by atoms with E-state index in [0.717, 1.165) is 148 Å². The molecule has 0 aliphatic rings. The third-order valence-corrected chi connectivity index (χ3v) is 12.7. The van der Waals surface area contributed by atoms with Gasteiger partial charge in [-0.15, -0.1) is 0 Å². The van der Waals surface area contributed by atoms with Crippen LogP contribution < -0.4 is 0 Å². The Morgan fingerprint density at radius 2 is 0.527 bits per heavy atom. The summed E-state index contributed by atoms with van der Waals surface area (Å²) >= 11 is 0. The van der Waals surface area contributed by atoms with Gasteiger partial charge in [-0.3, -0.25) is 14.4 Å². The predicted octanol–water partition coefficient (Wildman–Crippen LogP) is 20.8. The molecule has 6 nitrogen and oxygen atoms in total. The summed E-state index contributed by atoms with van der Waals surface area (Å²) in [5.41, 5.74) is 0. The van der Waals surface area contributed by atoms with Crippen LogP contribution in [-0.4, -0.2) is 37.2 Å². The highest BCUT2D eigenvalue weighted by molar-refractivity contribution is 5.71. The molecule has 0 heterocycles. The molecule has 1 atom stereocenters. The van der Waals surface area contributed by atoms with Crippen molar-refractivity contribution in [3.8, 4) is 0 Å². The molecule has 0 bridgehead atoms. The first kappa shape index (κ1) is 69.8. The zero-order valence-corrected chi connectivity index (χ0v) is 48.1. The summed E-state index contributed by atoms with van der Waals surface area (Å²) in [5.74, 6) is -0.943. The van der Waals surface area contributed by atoms with Crippen molar-refractivity contribution in [2.24, 2.45) is 0 Å². The molecular weight excluding hydrogens is 913 g/mol. The highest BCUT2D eigenvalue weighted by Crippen LogP contribution is 2.15. The lowest BCUT2D eigenvalue weighted by molar-refractivity contribution is -0.167. The standard InChI is InChI=1S/C68H112O6/c1-4-7-10-13-16-19-22-25-28-31-32-33-34-35-36-38-40-43-46-49-52-55-58-61-67(70)73-64-65(63-72-66(69)60-57-54-51-48-45-42-39-30-27-24-21-18-15-12-9-6-3)74-68(71)62-59-56-53-50-47-44-41-37-29-26-23-20-17-14-11-8-5-2/h7-8,10-11,16-17,19-20,25-26,28-29,32-33,35-36,40-41,43-44,65H,4-6,9,12-15,18,21-24,27,30-31,34,37-39,42,45-64H2,1-3H3/b10-7-,11-8-,19-16-,20-17-,28-25-,29-26-,33-32-,36-35-,43-40-,44-41-. The normalized spacial score (nSPS) is 13.0. The maximum Gasteiger partial charge on any atom is 0.306 e. The highest BCUT2D eigenvalue weighted by Gasteiger charge is 2.19. The lowest BCUT2D eigenvalue weighted by Gasteiger charge is -2.18. The summed E-state index contributed by atoms with van der Waals surface area (Å²) in [7, 11) is 0. The summed E-state index contributed by atoms with van der Waals surface area (Å²) in [6.07, 6.45) is 84.7. The first-order valence-corrected chi connectivity index (χ1v) is 30.5. The van der Waals surface area contributed by atoms with Crippen molar-refractivity contribution in [3.63, 3.8) is 0 Å². The van der Waals surface area contributed by atoms with E-state index in [1.165, 1.54) is 83.5 Å². The topological polar surface area (TPSA) is 78.9 Å². The van der Waals surface area contributed by atoms with E-state index in [-0.39, 0.29) is 31.1 Å². The number of unbranched alkanes of at least 4 members (excludes halogenated alkanes) is 23. The average Bonchev–Trinajstić information content (AvgIpc) is 3.40. The van der Waals surface area contributed by atoms with Crippen molar-refractivity contribution in [3.05, 3.63) is 122 Å². The van der Waals surface area contributed by atoms with E-state index in [1.807, 2.05) is 0 Å². The number of esters is 3. The summed E-state index contributed by atoms with van der Waals surface area (Å²) in [6.45, 7) is 6.38. The van der Waals surface area contributed by atoms with Crippen molar-refractivity contribution in [2.75, 3.05) is 13.2 Å². The molecule has 0 spiro atoms. The fourth-order valence-electron chi connectivity index (χ4n) is 8.20. The Kier molecular flexibility index (Phi) is 57.9. The molecule has 0 rings (SSSR count). The lowest BCUT2D eigenvalue weighted by Crippen LogP contribution is -2.30.